The molecule has 10 nitrogen and oxygen atoms in total. The number of fused-ring (bicyclic) bond motifs is 1. The number of benzene rings is 1. The van der Waals surface area contributed by atoms with E-state index in [0.29, 0.717) is 34.7 Å². The van der Waals surface area contributed by atoms with Gasteiger partial charge in [-0.05, 0) is 36.6 Å². The maximum absolute atomic E-state index is 12.8. The van der Waals surface area contributed by atoms with Crippen LogP contribution in [0.15, 0.2) is 30.6 Å². The molecule has 1 aromatic carbocycles. The zero-order chi connectivity index (χ0) is 21.9. The van der Waals surface area contributed by atoms with Gasteiger partial charge < -0.3 is 15.8 Å². The van der Waals surface area contributed by atoms with E-state index in [1.54, 1.807) is 34.0 Å². The van der Waals surface area contributed by atoms with Crippen molar-refractivity contribution in [2.75, 3.05) is 22.6 Å². The van der Waals surface area contributed by atoms with Crippen molar-refractivity contribution in [1.29, 1.82) is 0 Å². The lowest BCUT2D eigenvalue weighted by Gasteiger charge is -2.19. The smallest absolute Gasteiger partial charge is 0.414 e. The highest BCUT2D eigenvalue weighted by Crippen LogP contribution is 2.54. The lowest BCUT2D eigenvalue weighted by Crippen LogP contribution is -2.30. The molecule has 31 heavy (non-hydrogen) atoms. The van der Waals surface area contributed by atoms with E-state index < -0.39 is 6.09 Å². The first kappa shape index (κ1) is 19.3. The number of ether oxygens (including phenoxy) is 1. The van der Waals surface area contributed by atoms with Crippen molar-refractivity contribution < 1.29 is 14.3 Å². The average molecular weight is 421 g/mol. The van der Waals surface area contributed by atoms with E-state index in [1.165, 1.54) is 0 Å². The van der Waals surface area contributed by atoms with E-state index in [9.17, 15) is 9.59 Å². The molecule has 0 unspecified atom stereocenters. The number of anilines is 3. The SMILES string of the molecule is C[C@@H]1[C@@H](C(=O)Nc2cc3cc(N4C(=O)OC[C@@H]4C)cc(N)c3nn2)[C@@H]1c1cnn(C)c1. The molecule has 0 radical (unpaired) electrons. The van der Waals surface area contributed by atoms with Crippen LogP contribution < -0.4 is 16.0 Å². The van der Waals surface area contributed by atoms with Crippen LogP contribution in [0.3, 0.4) is 0 Å². The summed E-state index contributed by atoms with van der Waals surface area (Å²) in [5.41, 5.74) is 8.74. The number of rotatable bonds is 4. The van der Waals surface area contributed by atoms with Crippen molar-refractivity contribution in [3.05, 3.63) is 36.2 Å². The summed E-state index contributed by atoms with van der Waals surface area (Å²) in [6.45, 7) is 4.28. The molecule has 3 heterocycles. The zero-order valence-corrected chi connectivity index (χ0v) is 17.4. The van der Waals surface area contributed by atoms with Gasteiger partial charge in [0, 0.05) is 30.5 Å². The van der Waals surface area contributed by atoms with Crippen LogP contribution in [0.5, 0.6) is 0 Å². The van der Waals surface area contributed by atoms with Crippen LogP contribution >= 0.6 is 0 Å². The predicted octanol–water partition coefficient (Wildman–Crippen LogP) is 2.28. The maximum Gasteiger partial charge on any atom is 0.414 e. The minimum absolute atomic E-state index is 0.0981. The molecule has 2 aromatic heterocycles. The van der Waals surface area contributed by atoms with Gasteiger partial charge in [0.15, 0.2) is 5.82 Å². The number of carbonyl (C=O) groups is 2. The average Bonchev–Trinajstić information content (AvgIpc) is 3.00. The maximum atomic E-state index is 12.8. The third-order valence-electron chi connectivity index (χ3n) is 6.11. The van der Waals surface area contributed by atoms with Crippen molar-refractivity contribution in [2.24, 2.45) is 18.9 Å². The first-order valence-electron chi connectivity index (χ1n) is 10.2. The first-order chi connectivity index (χ1) is 14.8. The molecule has 10 heteroatoms. The third kappa shape index (κ3) is 3.24. The zero-order valence-electron chi connectivity index (χ0n) is 17.4. The Kier molecular flexibility index (Phi) is 4.31. The summed E-state index contributed by atoms with van der Waals surface area (Å²) in [6.07, 6.45) is 3.34. The largest absolute Gasteiger partial charge is 0.447 e. The normalized spacial score (nSPS) is 25.0. The second kappa shape index (κ2) is 6.93. The minimum Gasteiger partial charge on any atom is -0.447 e. The highest BCUT2D eigenvalue weighted by atomic mass is 16.6. The first-order valence-corrected chi connectivity index (χ1v) is 10.2. The van der Waals surface area contributed by atoms with E-state index in [1.807, 2.05) is 20.2 Å². The number of nitrogens with one attached hydrogen (secondary N) is 1. The third-order valence-corrected chi connectivity index (χ3v) is 6.11. The Hall–Kier alpha value is -3.69. The van der Waals surface area contributed by atoms with Crippen LogP contribution in [0.2, 0.25) is 0 Å². The van der Waals surface area contributed by atoms with Crippen molar-refractivity contribution >= 4 is 40.1 Å². The topological polar surface area (TPSA) is 128 Å². The van der Waals surface area contributed by atoms with E-state index in [4.69, 9.17) is 10.5 Å². The van der Waals surface area contributed by atoms with Gasteiger partial charge in [0.1, 0.15) is 12.1 Å². The van der Waals surface area contributed by atoms with Gasteiger partial charge in [0.05, 0.1) is 23.6 Å². The molecule has 4 atom stereocenters. The van der Waals surface area contributed by atoms with Gasteiger partial charge in [-0.2, -0.15) is 5.10 Å². The highest BCUT2D eigenvalue weighted by molar-refractivity contribution is 6.00. The Labute approximate surface area is 178 Å². The van der Waals surface area contributed by atoms with Gasteiger partial charge in [-0.1, -0.05) is 6.92 Å². The lowest BCUT2D eigenvalue weighted by atomic mass is 10.1. The molecular weight excluding hydrogens is 398 g/mol. The molecule has 1 saturated heterocycles. The van der Waals surface area contributed by atoms with Gasteiger partial charge >= 0.3 is 6.09 Å². The fourth-order valence-corrected chi connectivity index (χ4v) is 4.44. The number of aromatic nitrogens is 4. The molecular formula is C21H23N7O3. The standard InChI is InChI=1S/C21H23N7O3/c1-10-9-31-21(30)28(10)14-4-12-5-16(25-26-19(12)15(22)6-14)24-20(29)18-11(2)17(18)13-7-23-27(3)8-13/h4-8,10-11,17-18H,9,22H2,1-3H3,(H,24,25,29)/t10-,11-,17-,18+/m0/s1. The number of aryl methyl sites for hydroxylation is 1. The molecule has 2 aliphatic rings. The number of nitrogens with zero attached hydrogens (tertiary/aromatic N) is 5. The summed E-state index contributed by atoms with van der Waals surface area (Å²) < 4.78 is 6.85. The second-order valence-electron chi connectivity index (χ2n) is 8.35. The Morgan fingerprint density at radius 1 is 1.26 bits per heavy atom. The van der Waals surface area contributed by atoms with Crippen LogP contribution in [-0.4, -0.2) is 44.6 Å². The molecule has 3 N–H and O–H groups in total. The van der Waals surface area contributed by atoms with Crippen molar-refractivity contribution in [3.63, 3.8) is 0 Å². The summed E-state index contributed by atoms with van der Waals surface area (Å²) in [4.78, 5) is 26.5. The Morgan fingerprint density at radius 2 is 2.06 bits per heavy atom. The van der Waals surface area contributed by atoms with Crippen molar-refractivity contribution in [2.45, 2.75) is 25.8 Å². The van der Waals surface area contributed by atoms with Crippen molar-refractivity contribution in [1.82, 2.24) is 20.0 Å². The minimum atomic E-state index is -0.411. The fraction of sp³-hybridized carbons (Fsp3) is 0.381. The summed E-state index contributed by atoms with van der Waals surface area (Å²) in [6, 6.07) is 5.11. The molecule has 5 rings (SSSR count). The lowest BCUT2D eigenvalue weighted by molar-refractivity contribution is -0.117. The molecule has 160 valence electrons. The Balaban J connectivity index is 1.39. The molecule has 2 fully saturated rings. The van der Waals surface area contributed by atoms with Crippen molar-refractivity contribution in [3.8, 4) is 0 Å². The molecule has 0 bridgehead atoms. The summed E-state index contributed by atoms with van der Waals surface area (Å²) in [5, 5.41) is 16.1. The van der Waals surface area contributed by atoms with Crippen LogP contribution in [0, 0.1) is 11.8 Å². The Bertz CT molecular complexity index is 1210. The number of carbonyl (C=O) groups excluding carboxylic acids is 2. The molecule has 3 aromatic rings. The van der Waals surface area contributed by atoms with Gasteiger partial charge in [-0.15, -0.1) is 10.2 Å². The van der Waals surface area contributed by atoms with Gasteiger partial charge in [-0.3, -0.25) is 14.4 Å². The van der Waals surface area contributed by atoms with Gasteiger partial charge in [0.2, 0.25) is 5.91 Å². The van der Waals surface area contributed by atoms with Gasteiger partial charge in [-0.25, -0.2) is 4.79 Å². The van der Waals surface area contributed by atoms with Crippen LogP contribution in [-0.2, 0) is 16.6 Å². The number of nitrogens with two attached hydrogens (primary N) is 1. The molecule has 0 spiro atoms. The van der Waals surface area contributed by atoms with E-state index in [2.05, 4.69) is 27.5 Å². The van der Waals surface area contributed by atoms with E-state index in [-0.39, 0.29) is 29.7 Å². The predicted molar refractivity (Wildman–Crippen MR) is 114 cm³/mol. The van der Waals surface area contributed by atoms with Gasteiger partial charge in [0.25, 0.3) is 0 Å². The second-order valence-corrected chi connectivity index (χ2v) is 8.35. The molecule has 1 aliphatic heterocycles. The number of cyclic esters (lactones) is 1. The van der Waals surface area contributed by atoms with E-state index in [0.717, 1.165) is 5.56 Å². The van der Waals surface area contributed by atoms with Crippen LogP contribution in [0.25, 0.3) is 10.9 Å². The molecule has 2 amide bonds. The van der Waals surface area contributed by atoms with Crippen LogP contribution in [0.4, 0.5) is 22.0 Å². The fourth-order valence-electron chi connectivity index (χ4n) is 4.44. The number of hydrogen-bond acceptors (Lipinski definition) is 7. The number of amides is 2. The molecule has 1 aliphatic carbocycles. The summed E-state index contributed by atoms with van der Waals surface area (Å²) >= 11 is 0. The van der Waals surface area contributed by atoms with E-state index >= 15 is 0 Å². The number of nitrogen functional groups attached to an aromatic ring is 1. The highest BCUT2D eigenvalue weighted by Gasteiger charge is 2.53. The molecule has 1 saturated carbocycles. The quantitative estimate of drug-likeness (QED) is 0.618. The Morgan fingerprint density at radius 3 is 2.74 bits per heavy atom. The monoisotopic (exact) mass is 421 g/mol. The summed E-state index contributed by atoms with van der Waals surface area (Å²) in [5.74, 6) is 0.471. The number of hydrogen-bond donors (Lipinski definition) is 2. The van der Waals surface area contributed by atoms with Crippen LogP contribution in [0.1, 0.15) is 25.3 Å². The summed E-state index contributed by atoms with van der Waals surface area (Å²) in [7, 11) is 1.86.